The summed E-state index contributed by atoms with van der Waals surface area (Å²) in [6.45, 7) is 3.88. The summed E-state index contributed by atoms with van der Waals surface area (Å²) in [5.41, 5.74) is 3.93. The number of nitrogens with one attached hydrogen (secondary N) is 3. The van der Waals surface area contributed by atoms with E-state index in [4.69, 9.17) is 23.8 Å². The second-order valence-electron chi connectivity index (χ2n) is 7.23. The van der Waals surface area contributed by atoms with Gasteiger partial charge < -0.3 is 10.6 Å². The topological polar surface area (TPSA) is 87.3 Å². The van der Waals surface area contributed by atoms with E-state index in [-0.39, 0.29) is 22.3 Å². The van der Waals surface area contributed by atoms with Crippen molar-refractivity contribution in [2.75, 3.05) is 10.0 Å². The first-order valence-corrected chi connectivity index (χ1v) is 11.9. The van der Waals surface area contributed by atoms with Crippen LogP contribution in [0.5, 0.6) is 0 Å². The van der Waals surface area contributed by atoms with Gasteiger partial charge in [-0.3, -0.25) is 9.52 Å². The number of rotatable bonds is 6. The summed E-state index contributed by atoms with van der Waals surface area (Å²) in [5, 5.41) is 6.19. The van der Waals surface area contributed by atoms with Crippen LogP contribution in [0, 0.1) is 13.8 Å². The fourth-order valence-corrected chi connectivity index (χ4v) is 4.26. The highest BCUT2D eigenvalue weighted by Crippen LogP contribution is 2.20. The number of anilines is 2. The number of hydrogen-bond acceptors (Lipinski definition) is 4. The van der Waals surface area contributed by atoms with E-state index in [1.165, 1.54) is 12.1 Å². The van der Waals surface area contributed by atoms with Crippen LogP contribution < -0.4 is 15.4 Å². The van der Waals surface area contributed by atoms with E-state index in [1.54, 1.807) is 48.5 Å². The lowest BCUT2D eigenvalue weighted by atomic mass is 10.1. The Balaban J connectivity index is 1.58. The van der Waals surface area contributed by atoms with Crippen molar-refractivity contribution < 1.29 is 13.2 Å². The molecule has 0 aliphatic rings. The minimum Gasteiger partial charge on any atom is -0.332 e. The summed E-state index contributed by atoms with van der Waals surface area (Å²) in [6.07, 6.45) is 0.153. The summed E-state index contributed by atoms with van der Waals surface area (Å²) in [7, 11) is -3.73. The number of benzene rings is 3. The zero-order chi connectivity index (χ0) is 23.3. The predicted molar refractivity (Wildman–Crippen MR) is 133 cm³/mol. The first kappa shape index (κ1) is 23.7. The third-order valence-corrected chi connectivity index (χ3v) is 6.57. The first-order chi connectivity index (χ1) is 15.1. The first-order valence-electron chi connectivity index (χ1n) is 9.68. The van der Waals surface area contributed by atoms with Crippen molar-refractivity contribution in [3.63, 3.8) is 0 Å². The molecular formula is C23H22ClN3O3S2. The minimum absolute atomic E-state index is 0.110. The van der Waals surface area contributed by atoms with Crippen LogP contribution in [0.25, 0.3) is 0 Å². The molecule has 32 heavy (non-hydrogen) atoms. The van der Waals surface area contributed by atoms with Crippen LogP contribution in [-0.2, 0) is 21.2 Å². The Morgan fingerprint density at radius 3 is 2.16 bits per heavy atom. The lowest BCUT2D eigenvalue weighted by Crippen LogP contribution is -2.35. The van der Waals surface area contributed by atoms with Crippen molar-refractivity contribution in [3.8, 4) is 0 Å². The summed E-state index contributed by atoms with van der Waals surface area (Å²) in [4.78, 5) is 12.3. The van der Waals surface area contributed by atoms with Gasteiger partial charge in [-0.25, -0.2) is 8.42 Å². The van der Waals surface area contributed by atoms with Gasteiger partial charge in [0, 0.05) is 16.4 Å². The van der Waals surface area contributed by atoms with Crippen LogP contribution in [0.3, 0.4) is 0 Å². The Bertz CT molecular complexity index is 1240. The molecular weight excluding hydrogens is 466 g/mol. The molecule has 0 saturated heterocycles. The molecule has 3 N–H and O–H groups in total. The Hall–Kier alpha value is -2.94. The molecule has 0 unspecified atom stereocenters. The van der Waals surface area contributed by atoms with Crippen molar-refractivity contribution in [1.29, 1.82) is 0 Å². The maximum absolute atomic E-state index is 12.6. The standard InChI is InChI=1S/C23H22ClN3O3S2/c1-15-3-8-20(13-16(15)2)27-32(29,30)21-11-9-19(10-12-21)25-23(31)26-22(28)14-17-4-6-18(24)7-5-17/h3-13,27H,14H2,1-2H3,(H2,25,26,28,31). The van der Waals surface area contributed by atoms with Crippen molar-refractivity contribution in [2.45, 2.75) is 25.2 Å². The highest BCUT2D eigenvalue weighted by molar-refractivity contribution is 7.92. The molecule has 0 radical (unpaired) electrons. The van der Waals surface area contributed by atoms with Crippen LogP contribution in [-0.4, -0.2) is 19.4 Å². The highest BCUT2D eigenvalue weighted by atomic mass is 35.5. The van der Waals surface area contributed by atoms with Gasteiger partial charge in [-0.15, -0.1) is 0 Å². The molecule has 0 fully saturated rings. The second-order valence-corrected chi connectivity index (χ2v) is 9.76. The molecule has 0 aromatic heterocycles. The molecule has 0 saturated carbocycles. The van der Waals surface area contributed by atoms with Gasteiger partial charge in [0.2, 0.25) is 5.91 Å². The molecule has 0 aliphatic heterocycles. The van der Waals surface area contributed by atoms with E-state index >= 15 is 0 Å². The average molecular weight is 488 g/mol. The third kappa shape index (κ3) is 6.53. The molecule has 166 valence electrons. The Kier molecular flexibility index (Phi) is 7.50. The van der Waals surface area contributed by atoms with Crippen molar-refractivity contribution in [3.05, 3.63) is 88.4 Å². The lowest BCUT2D eigenvalue weighted by Gasteiger charge is -2.12. The van der Waals surface area contributed by atoms with Gasteiger partial charge in [0.15, 0.2) is 5.11 Å². The van der Waals surface area contributed by atoms with Gasteiger partial charge in [0.1, 0.15) is 0 Å². The van der Waals surface area contributed by atoms with E-state index in [1.807, 2.05) is 19.9 Å². The summed E-state index contributed by atoms with van der Waals surface area (Å²) in [5.74, 6) is -0.276. The van der Waals surface area contributed by atoms with E-state index < -0.39 is 10.0 Å². The molecule has 3 rings (SSSR count). The number of carbonyl (C=O) groups is 1. The van der Waals surface area contributed by atoms with Crippen molar-refractivity contribution in [2.24, 2.45) is 0 Å². The number of halogens is 1. The van der Waals surface area contributed by atoms with Crippen molar-refractivity contribution in [1.82, 2.24) is 5.32 Å². The molecule has 0 atom stereocenters. The van der Waals surface area contributed by atoms with Gasteiger partial charge in [-0.1, -0.05) is 29.8 Å². The summed E-state index contributed by atoms with van der Waals surface area (Å²) in [6, 6.07) is 18.4. The van der Waals surface area contributed by atoms with Gasteiger partial charge in [0.25, 0.3) is 10.0 Å². The highest BCUT2D eigenvalue weighted by Gasteiger charge is 2.15. The van der Waals surface area contributed by atoms with Crippen LogP contribution >= 0.6 is 23.8 Å². The number of carbonyl (C=O) groups excluding carboxylic acids is 1. The zero-order valence-electron chi connectivity index (χ0n) is 17.5. The van der Waals surface area contributed by atoms with Crippen LogP contribution in [0.1, 0.15) is 16.7 Å². The fraction of sp³-hybridized carbons (Fsp3) is 0.130. The molecule has 0 heterocycles. The number of aryl methyl sites for hydroxylation is 2. The average Bonchev–Trinajstić information content (AvgIpc) is 2.72. The summed E-state index contributed by atoms with van der Waals surface area (Å²) >= 11 is 11.0. The second kappa shape index (κ2) is 10.1. The largest absolute Gasteiger partial charge is 0.332 e. The number of hydrogen-bond donors (Lipinski definition) is 3. The molecule has 9 heteroatoms. The zero-order valence-corrected chi connectivity index (χ0v) is 19.9. The molecule has 3 aromatic rings. The Morgan fingerprint density at radius 2 is 1.53 bits per heavy atom. The van der Waals surface area contributed by atoms with E-state index in [0.29, 0.717) is 16.4 Å². The monoisotopic (exact) mass is 487 g/mol. The van der Waals surface area contributed by atoms with Crippen LogP contribution in [0.2, 0.25) is 5.02 Å². The smallest absolute Gasteiger partial charge is 0.261 e. The minimum atomic E-state index is -3.73. The van der Waals surface area contributed by atoms with Crippen LogP contribution in [0.15, 0.2) is 71.6 Å². The van der Waals surface area contributed by atoms with E-state index in [9.17, 15) is 13.2 Å². The maximum Gasteiger partial charge on any atom is 0.261 e. The van der Waals surface area contributed by atoms with E-state index in [0.717, 1.165) is 16.7 Å². The van der Waals surface area contributed by atoms with Gasteiger partial charge in [0.05, 0.1) is 11.3 Å². The van der Waals surface area contributed by atoms with Crippen LogP contribution in [0.4, 0.5) is 11.4 Å². The van der Waals surface area contributed by atoms with Gasteiger partial charge >= 0.3 is 0 Å². The van der Waals surface area contributed by atoms with E-state index in [2.05, 4.69) is 15.4 Å². The normalized spacial score (nSPS) is 11.0. The maximum atomic E-state index is 12.6. The molecule has 0 spiro atoms. The molecule has 3 aromatic carbocycles. The Labute approximate surface area is 198 Å². The van der Waals surface area contributed by atoms with Gasteiger partial charge in [-0.2, -0.15) is 0 Å². The van der Waals surface area contributed by atoms with Crippen molar-refractivity contribution >= 4 is 56.2 Å². The fourth-order valence-electron chi connectivity index (χ4n) is 2.86. The number of thiocarbonyl (C=S) groups is 1. The predicted octanol–water partition coefficient (Wildman–Crippen LogP) is 4.81. The molecule has 0 aliphatic carbocycles. The quantitative estimate of drug-likeness (QED) is 0.434. The third-order valence-electron chi connectivity index (χ3n) is 4.71. The molecule has 6 nitrogen and oxygen atoms in total. The molecule has 0 bridgehead atoms. The molecule has 1 amide bonds. The number of amides is 1. The van der Waals surface area contributed by atoms with Gasteiger partial charge in [-0.05, 0) is 91.3 Å². The SMILES string of the molecule is Cc1ccc(NS(=O)(=O)c2ccc(NC(=S)NC(=O)Cc3ccc(Cl)cc3)cc2)cc1C. The summed E-state index contributed by atoms with van der Waals surface area (Å²) < 4.78 is 27.9. The lowest BCUT2D eigenvalue weighted by molar-refractivity contribution is -0.119. The number of sulfonamides is 1. The Morgan fingerprint density at radius 1 is 0.906 bits per heavy atom.